The summed E-state index contributed by atoms with van der Waals surface area (Å²) in [5, 5.41) is 13.5. The number of nitrogens with one attached hydrogen (secondary N) is 1. The number of nitrogens with zero attached hydrogens (tertiary/aromatic N) is 1. The molecule has 2 aromatic rings. The lowest BCUT2D eigenvalue weighted by Gasteiger charge is -2.05. The van der Waals surface area contributed by atoms with Crippen LogP contribution in [0.15, 0.2) is 29.6 Å². The highest BCUT2D eigenvalue weighted by Gasteiger charge is 2.14. The molecule has 0 unspecified atom stereocenters. The number of carbonyl (C=O) groups is 1. The molecule has 3 nitrogen and oxygen atoms in total. The van der Waals surface area contributed by atoms with Crippen LogP contribution in [0, 0.1) is 24.1 Å². The van der Waals surface area contributed by atoms with E-state index >= 15 is 0 Å². The molecule has 0 aliphatic rings. The fraction of sp³-hybridized carbons (Fsp3) is 0.0769. The minimum absolute atomic E-state index is 0.0210. The minimum atomic E-state index is -0.576. The standard InChI is InChI=1S/C13H9FN2OS/c1-8-2-3-11(14)10(6-8)12(17)16-13-9(7-15)4-5-18-13/h2-6H,1H3,(H,16,17). The van der Waals surface area contributed by atoms with E-state index in [1.54, 1.807) is 24.4 Å². The van der Waals surface area contributed by atoms with Crippen LogP contribution in [0.2, 0.25) is 0 Å². The van der Waals surface area contributed by atoms with Crippen molar-refractivity contribution in [2.75, 3.05) is 5.32 Å². The number of rotatable bonds is 2. The van der Waals surface area contributed by atoms with Gasteiger partial charge in [-0.2, -0.15) is 5.26 Å². The smallest absolute Gasteiger partial charge is 0.259 e. The van der Waals surface area contributed by atoms with Gasteiger partial charge >= 0.3 is 0 Å². The van der Waals surface area contributed by atoms with Crippen LogP contribution in [0.5, 0.6) is 0 Å². The Morgan fingerprint density at radius 3 is 2.94 bits per heavy atom. The number of benzene rings is 1. The van der Waals surface area contributed by atoms with Gasteiger partial charge in [0.2, 0.25) is 0 Å². The molecular formula is C13H9FN2OS. The van der Waals surface area contributed by atoms with Crippen LogP contribution in [0.4, 0.5) is 9.39 Å². The van der Waals surface area contributed by atoms with Gasteiger partial charge in [-0.05, 0) is 30.5 Å². The molecule has 0 aliphatic carbocycles. The Bertz CT molecular complexity index is 643. The third-order valence-corrected chi connectivity index (χ3v) is 3.21. The summed E-state index contributed by atoms with van der Waals surface area (Å²) in [6.45, 7) is 1.78. The maximum atomic E-state index is 13.5. The van der Waals surface area contributed by atoms with E-state index in [2.05, 4.69) is 5.32 Å². The van der Waals surface area contributed by atoms with E-state index in [1.807, 2.05) is 6.07 Å². The zero-order valence-corrected chi connectivity index (χ0v) is 10.3. The molecule has 18 heavy (non-hydrogen) atoms. The van der Waals surface area contributed by atoms with Gasteiger partial charge in [0.15, 0.2) is 0 Å². The molecule has 0 bridgehead atoms. The number of hydrogen-bond donors (Lipinski definition) is 1. The van der Waals surface area contributed by atoms with E-state index in [0.29, 0.717) is 10.6 Å². The number of hydrogen-bond acceptors (Lipinski definition) is 3. The molecule has 1 heterocycles. The molecule has 1 N–H and O–H groups in total. The summed E-state index contributed by atoms with van der Waals surface area (Å²) in [5.74, 6) is -1.12. The van der Waals surface area contributed by atoms with Crippen molar-refractivity contribution < 1.29 is 9.18 Å². The molecule has 0 saturated carbocycles. The van der Waals surface area contributed by atoms with Gasteiger partial charge in [0, 0.05) is 0 Å². The van der Waals surface area contributed by atoms with E-state index < -0.39 is 11.7 Å². The van der Waals surface area contributed by atoms with E-state index in [9.17, 15) is 9.18 Å². The zero-order valence-electron chi connectivity index (χ0n) is 9.53. The maximum Gasteiger partial charge on any atom is 0.259 e. The van der Waals surface area contributed by atoms with Crippen LogP contribution < -0.4 is 5.32 Å². The lowest BCUT2D eigenvalue weighted by Crippen LogP contribution is -2.13. The van der Waals surface area contributed by atoms with Crippen molar-refractivity contribution in [1.82, 2.24) is 0 Å². The molecule has 1 aromatic carbocycles. The minimum Gasteiger partial charge on any atom is -0.312 e. The highest BCUT2D eigenvalue weighted by molar-refractivity contribution is 7.14. The van der Waals surface area contributed by atoms with Crippen molar-refractivity contribution in [2.45, 2.75) is 6.92 Å². The maximum absolute atomic E-state index is 13.5. The first-order valence-corrected chi connectivity index (χ1v) is 6.05. The van der Waals surface area contributed by atoms with Gasteiger partial charge < -0.3 is 5.32 Å². The van der Waals surface area contributed by atoms with Crippen molar-refractivity contribution in [3.05, 3.63) is 52.2 Å². The van der Waals surface area contributed by atoms with Gasteiger partial charge in [-0.3, -0.25) is 4.79 Å². The van der Waals surface area contributed by atoms with Crippen LogP contribution in [0.25, 0.3) is 0 Å². The summed E-state index contributed by atoms with van der Waals surface area (Å²) in [6.07, 6.45) is 0. The van der Waals surface area contributed by atoms with Crippen molar-refractivity contribution in [2.24, 2.45) is 0 Å². The van der Waals surface area contributed by atoms with Gasteiger partial charge in [-0.1, -0.05) is 11.6 Å². The summed E-state index contributed by atoms with van der Waals surface area (Å²) < 4.78 is 13.5. The molecule has 1 amide bonds. The first-order chi connectivity index (χ1) is 8.61. The Morgan fingerprint density at radius 2 is 2.22 bits per heavy atom. The Balaban J connectivity index is 2.28. The lowest BCUT2D eigenvalue weighted by atomic mass is 10.1. The van der Waals surface area contributed by atoms with Crippen LogP contribution in [0.1, 0.15) is 21.5 Å². The molecule has 0 atom stereocenters. The van der Waals surface area contributed by atoms with Gasteiger partial charge in [0.05, 0.1) is 11.1 Å². The van der Waals surface area contributed by atoms with Crippen LogP contribution in [-0.4, -0.2) is 5.91 Å². The second-order valence-electron chi connectivity index (χ2n) is 3.71. The van der Waals surface area contributed by atoms with Crippen molar-refractivity contribution in [3.8, 4) is 6.07 Å². The third kappa shape index (κ3) is 2.39. The number of thiophene rings is 1. The van der Waals surface area contributed by atoms with Crippen LogP contribution in [0.3, 0.4) is 0 Å². The normalized spacial score (nSPS) is 9.83. The quantitative estimate of drug-likeness (QED) is 0.900. The molecule has 5 heteroatoms. The van der Waals surface area contributed by atoms with Crippen molar-refractivity contribution >= 4 is 22.2 Å². The summed E-state index contributed by atoms with van der Waals surface area (Å²) >= 11 is 1.23. The second-order valence-corrected chi connectivity index (χ2v) is 4.63. The Labute approximate surface area is 107 Å². The largest absolute Gasteiger partial charge is 0.312 e. The fourth-order valence-electron chi connectivity index (χ4n) is 1.48. The zero-order chi connectivity index (χ0) is 13.1. The van der Waals surface area contributed by atoms with Crippen molar-refractivity contribution in [3.63, 3.8) is 0 Å². The van der Waals surface area contributed by atoms with E-state index in [4.69, 9.17) is 5.26 Å². The monoisotopic (exact) mass is 260 g/mol. The summed E-state index contributed by atoms with van der Waals surface area (Å²) in [6, 6.07) is 7.89. The van der Waals surface area contributed by atoms with Crippen molar-refractivity contribution in [1.29, 1.82) is 5.26 Å². The van der Waals surface area contributed by atoms with E-state index in [1.165, 1.54) is 23.5 Å². The molecule has 0 spiro atoms. The molecule has 1 aromatic heterocycles. The Morgan fingerprint density at radius 1 is 1.44 bits per heavy atom. The highest BCUT2D eigenvalue weighted by Crippen LogP contribution is 2.23. The van der Waals surface area contributed by atoms with E-state index in [-0.39, 0.29) is 5.56 Å². The number of amides is 1. The second kappa shape index (κ2) is 4.98. The summed E-state index contributed by atoms with van der Waals surface area (Å²) in [7, 11) is 0. The SMILES string of the molecule is Cc1ccc(F)c(C(=O)Nc2sccc2C#N)c1. The average molecular weight is 260 g/mol. The molecule has 90 valence electrons. The van der Waals surface area contributed by atoms with Gasteiger partial charge in [-0.25, -0.2) is 4.39 Å². The predicted molar refractivity (Wildman–Crippen MR) is 68.1 cm³/mol. The Hall–Kier alpha value is -2.19. The van der Waals surface area contributed by atoms with Gasteiger partial charge in [-0.15, -0.1) is 11.3 Å². The highest BCUT2D eigenvalue weighted by atomic mass is 32.1. The molecular weight excluding hydrogens is 251 g/mol. The first-order valence-electron chi connectivity index (χ1n) is 5.17. The fourth-order valence-corrected chi connectivity index (χ4v) is 2.21. The summed E-state index contributed by atoms with van der Waals surface area (Å²) in [5.41, 5.74) is 1.15. The lowest BCUT2D eigenvalue weighted by molar-refractivity contribution is 0.102. The van der Waals surface area contributed by atoms with Gasteiger partial charge in [0.1, 0.15) is 16.9 Å². The van der Waals surface area contributed by atoms with Gasteiger partial charge in [0.25, 0.3) is 5.91 Å². The molecule has 0 fully saturated rings. The third-order valence-electron chi connectivity index (χ3n) is 2.38. The summed E-state index contributed by atoms with van der Waals surface area (Å²) in [4.78, 5) is 11.9. The predicted octanol–water partition coefficient (Wildman–Crippen LogP) is 3.32. The van der Waals surface area contributed by atoms with Crippen LogP contribution in [-0.2, 0) is 0 Å². The first kappa shape index (κ1) is 12.3. The molecule has 0 radical (unpaired) electrons. The number of aryl methyl sites for hydroxylation is 1. The molecule has 0 aliphatic heterocycles. The van der Waals surface area contributed by atoms with Crippen LogP contribution >= 0.6 is 11.3 Å². The van der Waals surface area contributed by atoms with E-state index in [0.717, 1.165) is 5.56 Å². The number of carbonyl (C=O) groups excluding carboxylic acids is 1. The number of anilines is 1. The average Bonchev–Trinajstić information content (AvgIpc) is 2.79. The Kier molecular flexibility index (Phi) is 3.40. The number of halogens is 1. The number of nitriles is 1. The molecule has 0 saturated heterocycles. The molecule has 2 rings (SSSR count). The topological polar surface area (TPSA) is 52.9 Å².